The van der Waals surface area contributed by atoms with E-state index in [0.29, 0.717) is 90.1 Å². The Kier molecular flexibility index (Phi) is 43.8. The molecule has 9 N–H and O–H groups in total. The topological polar surface area (TPSA) is 262 Å². The molecule has 0 radical (unpaired) electrons. The summed E-state index contributed by atoms with van der Waals surface area (Å²) < 4.78 is 0. The molecule has 9 amide bonds. The number of benzene rings is 2. The van der Waals surface area contributed by atoms with Crippen LogP contribution in [0.25, 0.3) is 0 Å². The van der Waals surface area contributed by atoms with Crippen LogP contribution < -0.4 is 47.9 Å². The highest BCUT2D eigenvalue weighted by Crippen LogP contribution is 2.23. The maximum absolute atomic E-state index is 14.4. The molecule has 514 valence electrons. The Bertz CT molecular complexity index is 2340. The lowest BCUT2D eigenvalue weighted by Crippen LogP contribution is -2.54. The first-order valence-corrected chi connectivity index (χ1v) is 35.5. The van der Waals surface area contributed by atoms with E-state index in [1.807, 2.05) is 95.3 Å². The van der Waals surface area contributed by atoms with Gasteiger partial charge >= 0.3 is 0 Å². The van der Waals surface area contributed by atoms with Crippen molar-refractivity contribution in [3.05, 3.63) is 71.8 Å². The highest BCUT2D eigenvalue weighted by molar-refractivity contribution is 5.93. The molecule has 91 heavy (non-hydrogen) atoms. The molecular formula is C73H123N9O9. The van der Waals surface area contributed by atoms with Crippen LogP contribution in [0.3, 0.4) is 0 Å². The van der Waals surface area contributed by atoms with Gasteiger partial charge < -0.3 is 47.9 Å². The molecule has 0 saturated heterocycles. The van der Waals surface area contributed by atoms with Crippen LogP contribution in [0.15, 0.2) is 60.7 Å². The van der Waals surface area contributed by atoms with Gasteiger partial charge in [-0.1, -0.05) is 206 Å². The second-order valence-electron chi connectivity index (χ2n) is 25.8. The molecule has 2 aromatic carbocycles. The second kappa shape index (κ2) is 49.3. The minimum Gasteiger partial charge on any atom is -0.356 e. The zero-order valence-electron chi connectivity index (χ0n) is 57.8. The van der Waals surface area contributed by atoms with Crippen molar-refractivity contribution >= 4 is 53.2 Å². The average molecular weight is 1270 g/mol. The molecule has 0 saturated carbocycles. The van der Waals surface area contributed by atoms with E-state index in [1.54, 1.807) is 6.92 Å². The quantitative estimate of drug-likeness (QED) is 0.0285. The molecular weight excluding hydrogens is 1150 g/mol. The van der Waals surface area contributed by atoms with Gasteiger partial charge in [-0.05, 0) is 114 Å². The summed E-state index contributed by atoms with van der Waals surface area (Å²) in [5.41, 5.74) is 1.83. The molecule has 18 nitrogen and oxygen atoms in total. The summed E-state index contributed by atoms with van der Waals surface area (Å²) in [4.78, 5) is 122. The van der Waals surface area contributed by atoms with Crippen molar-refractivity contribution in [2.75, 3.05) is 26.2 Å². The lowest BCUT2D eigenvalue weighted by molar-refractivity contribution is -0.133. The van der Waals surface area contributed by atoms with E-state index in [-0.39, 0.29) is 84.5 Å². The largest absolute Gasteiger partial charge is 0.356 e. The van der Waals surface area contributed by atoms with Crippen LogP contribution in [0.2, 0.25) is 0 Å². The van der Waals surface area contributed by atoms with Gasteiger partial charge in [0.05, 0.1) is 6.04 Å². The predicted molar refractivity (Wildman–Crippen MR) is 366 cm³/mol. The molecule has 0 fully saturated rings. The van der Waals surface area contributed by atoms with Crippen LogP contribution in [0, 0.1) is 29.6 Å². The molecule has 2 aromatic rings. The molecule has 0 heterocycles. The maximum Gasteiger partial charge on any atom is 0.243 e. The first-order valence-electron chi connectivity index (χ1n) is 35.5. The van der Waals surface area contributed by atoms with Crippen molar-refractivity contribution < 1.29 is 43.2 Å². The Morgan fingerprint density at radius 3 is 0.868 bits per heavy atom. The predicted octanol–water partition coefficient (Wildman–Crippen LogP) is 11.5. The van der Waals surface area contributed by atoms with Gasteiger partial charge in [-0.2, -0.15) is 0 Å². The number of amides is 9. The zero-order valence-corrected chi connectivity index (χ0v) is 57.8. The number of hydrogen-bond donors (Lipinski definition) is 9. The standard InChI is InChI=1S/C73H123N9O9/c1-11-15-21-37-53(5)65(83)74-49-34-30-46-61(79-68(86)56(8)39-23-17-13-3)71(89)77-52-36-31-47-62(81-73(91)63(80-69(87)57(9)40-24-18-14-4)48-32-35-50-75-66(84)54(6)38-22-16-12-2)72(90)76-51-33-29-41-55(7)67(85)78-58(10)70(88)82-64(59-42-25-19-26-43-59)60-44-27-20-28-45-60/h19-20,25-28,42-45,53-58,61-64H,11-18,21-24,29-41,46-52H2,1-10H3,(H,74,83)(H,75,84)(H,76,90)(H,77,89)(H,78,85)(H,79,86)(H,80,87)(H,81,91)(H,82,88). The molecule has 0 aliphatic rings. The summed E-state index contributed by atoms with van der Waals surface area (Å²) in [6, 6.07) is 15.4. The first-order chi connectivity index (χ1) is 43.8. The van der Waals surface area contributed by atoms with Gasteiger partial charge in [0.25, 0.3) is 0 Å². The van der Waals surface area contributed by atoms with Crippen molar-refractivity contribution in [1.29, 1.82) is 0 Å². The highest BCUT2D eigenvalue weighted by Gasteiger charge is 2.30. The van der Waals surface area contributed by atoms with Gasteiger partial charge in [0.2, 0.25) is 53.2 Å². The zero-order chi connectivity index (χ0) is 67.2. The summed E-state index contributed by atoms with van der Waals surface area (Å²) in [6.07, 6.45) is 21.1. The minimum absolute atomic E-state index is 0.00219. The van der Waals surface area contributed by atoms with Crippen LogP contribution in [-0.2, 0) is 43.2 Å². The third kappa shape index (κ3) is 35.3. The number of carbonyl (C=O) groups is 9. The van der Waals surface area contributed by atoms with Crippen LogP contribution >= 0.6 is 0 Å². The van der Waals surface area contributed by atoms with Crippen LogP contribution in [0.5, 0.6) is 0 Å². The van der Waals surface area contributed by atoms with Crippen molar-refractivity contribution in [3.63, 3.8) is 0 Å². The number of hydrogen-bond acceptors (Lipinski definition) is 9. The number of carbonyl (C=O) groups excluding carboxylic acids is 9. The molecule has 0 spiro atoms. The second-order valence-corrected chi connectivity index (χ2v) is 25.8. The fraction of sp³-hybridized carbons (Fsp3) is 0.712. The van der Waals surface area contributed by atoms with E-state index < -0.39 is 47.9 Å². The normalized spacial score (nSPS) is 14.2. The van der Waals surface area contributed by atoms with Crippen molar-refractivity contribution in [2.45, 2.75) is 279 Å². The van der Waals surface area contributed by atoms with E-state index in [2.05, 4.69) is 75.5 Å². The van der Waals surface area contributed by atoms with Crippen LogP contribution in [-0.4, -0.2) is 104 Å². The summed E-state index contributed by atoms with van der Waals surface area (Å²) >= 11 is 0. The number of rotatable bonds is 52. The van der Waals surface area contributed by atoms with Gasteiger partial charge in [0, 0.05) is 55.8 Å². The summed E-state index contributed by atoms with van der Waals surface area (Å²) in [7, 11) is 0. The highest BCUT2D eigenvalue weighted by atomic mass is 16.2. The average Bonchev–Trinajstić information content (AvgIpc) is 1.63. The van der Waals surface area contributed by atoms with E-state index in [4.69, 9.17) is 0 Å². The van der Waals surface area contributed by atoms with Gasteiger partial charge in [0.1, 0.15) is 24.2 Å². The molecule has 2 rings (SSSR count). The van der Waals surface area contributed by atoms with Gasteiger partial charge in [-0.3, -0.25) is 43.2 Å². The Morgan fingerprint density at radius 2 is 0.538 bits per heavy atom. The smallest absolute Gasteiger partial charge is 0.243 e. The third-order valence-corrected chi connectivity index (χ3v) is 17.4. The monoisotopic (exact) mass is 1270 g/mol. The van der Waals surface area contributed by atoms with Crippen molar-refractivity contribution in [3.8, 4) is 0 Å². The van der Waals surface area contributed by atoms with Crippen molar-refractivity contribution in [2.24, 2.45) is 29.6 Å². The summed E-state index contributed by atoms with van der Waals surface area (Å²) in [5, 5.41) is 27.1. The SMILES string of the molecule is CCCCCC(C)C(=O)NCCCCC(NC(=O)C(C)CCCCC)C(=O)NCCCCC(NC(=O)C(CCCCNC(=O)C(C)CCCCC)NC(=O)C(C)CCCCC)C(=O)NCCCCC(C)C(=O)NC(C)C(=O)NC(c1ccccc1)c1ccccc1. The molecule has 9 atom stereocenters. The fourth-order valence-corrected chi connectivity index (χ4v) is 10.9. The molecule has 9 unspecified atom stereocenters. The number of unbranched alkanes of at least 4 members (excludes halogenated alkanes) is 12. The number of nitrogens with one attached hydrogen (secondary N) is 9. The van der Waals surface area contributed by atoms with E-state index in [9.17, 15) is 43.2 Å². The van der Waals surface area contributed by atoms with Crippen LogP contribution in [0.4, 0.5) is 0 Å². The van der Waals surface area contributed by atoms with Crippen LogP contribution in [0.1, 0.15) is 266 Å². The Morgan fingerprint density at radius 1 is 0.275 bits per heavy atom. The minimum atomic E-state index is -0.986. The first kappa shape index (κ1) is 80.8. The Hall–Kier alpha value is -6.33. The Balaban J connectivity index is 2.21. The summed E-state index contributed by atoms with van der Waals surface area (Å²) in [6.45, 7) is 21.0. The lowest BCUT2D eigenvalue weighted by atomic mass is 9.98. The van der Waals surface area contributed by atoms with Crippen molar-refractivity contribution in [1.82, 2.24) is 47.9 Å². The molecule has 18 heteroatoms. The molecule has 0 aromatic heterocycles. The fourth-order valence-electron chi connectivity index (χ4n) is 10.9. The van der Waals surface area contributed by atoms with Gasteiger partial charge in [-0.15, -0.1) is 0 Å². The lowest BCUT2D eigenvalue weighted by Gasteiger charge is -2.25. The van der Waals surface area contributed by atoms with Gasteiger partial charge in [-0.25, -0.2) is 0 Å². The van der Waals surface area contributed by atoms with E-state index in [0.717, 1.165) is 107 Å². The summed E-state index contributed by atoms with van der Waals surface area (Å²) in [5.74, 6) is -3.34. The van der Waals surface area contributed by atoms with E-state index in [1.165, 1.54) is 0 Å². The van der Waals surface area contributed by atoms with E-state index >= 15 is 0 Å². The maximum atomic E-state index is 14.4. The molecule has 0 bridgehead atoms. The van der Waals surface area contributed by atoms with Gasteiger partial charge in [0.15, 0.2) is 0 Å². The molecule has 0 aliphatic carbocycles. The Labute approximate surface area is 548 Å². The third-order valence-electron chi connectivity index (χ3n) is 17.4. The molecule has 0 aliphatic heterocycles.